The lowest BCUT2D eigenvalue weighted by atomic mass is 9.85. The van der Waals surface area contributed by atoms with Crippen molar-refractivity contribution < 1.29 is 81.2 Å². The van der Waals surface area contributed by atoms with E-state index in [9.17, 15) is 28.8 Å². The molecule has 0 spiro atoms. The molecule has 2 aromatic heterocycles. The number of fused-ring (bicyclic) bond motifs is 2. The van der Waals surface area contributed by atoms with E-state index in [0.717, 1.165) is 31.3 Å². The van der Waals surface area contributed by atoms with Gasteiger partial charge in [0.1, 0.15) is 113 Å². The Labute approximate surface area is 758 Å². The van der Waals surface area contributed by atoms with Gasteiger partial charge in [0.2, 0.25) is 47.3 Å². The van der Waals surface area contributed by atoms with Gasteiger partial charge in [0.15, 0.2) is 0 Å². The number of likely N-dealkylation sites (N-methyl/N-ethyl adjacent to an activating group) is 2. The monoisotopic (exact) mass is 1790 g/mol. The number of aromatic nitrogens is 6. The normalized spacial score (nSPS) is 20.3. The summed E-state index contributed by atoms with van der Waals surface area (Å²) in [5.74, 6) is -0.850. The fourth-order valence-electron chi connectivity index (χ4n) is 15.4. The van der Waals surface area contributed by atoms with Crippen LogP contribution in [0.3, 0.4) is 0 Å². The standard InChI is InChI=1S/C94H122N18O17.CH4/c1-54(107(18)88(123)128-93(12,13)14)78(113)100-76(90(3,4)5)85(120)109-50-66-46-74(109)83(118)97-70(44-58-28-34-60-24-20-22-26-62(60)40-58)80(115)96-72(82(117)102-95)42-56-30-36-68(37-31-56)125-52-64-48-112(105-103-64)67-47-75(110(51-67)86(121)77(91(6,7)8)101-79(114)55(2)108(19)89(124)129-94(15,16)17)84(119)98-71(45-59-29-35-61-25-21-23-27-63(61)41-59)81(116)99-73(87(122)127-92(9,10)11)43-57-32-38-69(39-33-57)126-53-65-49-111(66)106-104-65;/h20-41,48-49,54-55,66-67,70-77H,42-47,50-53,95H2,1-19H3,(H,96,115)(H,97,118)(H,98,119)(H,99,116)(H,100,113)(H,101,114)(H,102,117);1H4/t54-,55-,66-,67-,70-,71-,72-,73-,74-,75-,76+,77+;/m0./s1. The Hall–Kier alpha value is -13.1. The van der Waals surface area contributed by atoms with Crippen LogP contribution in [-0.2, 0) is 101 Å². The smallest absolute Gasteiger partial charge is 0.410 e. The quantitative estimate of drug-likeness (QED) is 0.0166. The Balaban J connectivity index is 0.0000176. The van der Waals surface area contributed by atoms with Gasteiger partial charge in [-0.2, -0.15) is 0 Å². The minimum atomic E-state index is -1.43. The van der Waals surface area contributed by atoms with Crippen LogP contribution < -0.4 is 52.6 Å². The molecule has 9 N–H and O–H groups in total. The van der Waals surface area contributed by atoms with E-state index in [1.807, 2.05) is 84.9 Å². The lowest BCUT2D eigenvalue weighted by Gasteiger charge is -2.37. The number of rotatable bonds is 14. The molecular formula is C95H126N18O17. The maximum Gasteiger partial charge on any atom is 0.410 e. The summed E-state index contributed by atoms with van der Waals surface area (Å²) in [6.45, 7) is 28.0. The number of nitrogens with two attached hydrogens (primary N) is 1. The summed E-state index contributed by atoms with van der Waals surface area (Å²) in [5, 5.41) is 38.9. The first-order chi connectivity index (χ1) is 60.5. The summed E-state index contributed by atoms with van der Waals surface area (Å²) in [4.78, 5) is 182. The Morgan fingerprint density at radius 3 is 1.21 bits per heavy atom. The molecule has 12 bridgehead atoms. The maximum atomic E-state index is 15.7. The first kappa shape index (κ1) is 99.1. The molecule has 14 rings (SSSR count). The van der Waals surface area contributed by atoms with E-state index in [2.05, 4.69) is 58.0 Å². The maximum absolute atomic E-state index is 15.7. The van der Waals surface area contributed by atoms with Gasteiger partial charge >= 0.3 is 18.2 Å². The highest BCUT2D eigenvalue weighted by Gasteiger charge is 2.50. The van der Waals surface area contributed by atoms with Gasteiger partial charge in [-0.05, 0) is 155 Å². The van der Waals surface area contributed by atoms with Gasteiger partial charge in [0, 0.05) is 65.7 Å². The van der Waals surface area contributed by atoms with Crippen molar-refractivity contribution in [1.29, 1.82) is 0 Å². The molecule has 6 aliphatic rings. The number of hydrogen-bond acceptors (Lipinski definition) is 22. The zero-order valence-electron chi connectivity index (χ0n) is 76.8. The molecule has 12 atom stereocenters. The average Bonchev–Trinajstić information content (AvgIpc) is 1.63. The van der Waals surface area contributed by atoms with Crippen LogP contribution in [0.4, 0.5) is 9.59 Å². The van der Waals surface area contributed by atoms with Gasteiger partial charge in [-0.1, -0.05) is 169 Å². The van der Waals surface area contributed by atoms with Crippen LogP contribution in [0.25, 0.3) is 21.5 Å². The van der Waals surface area contributed by atoms with E-state index in [-0.39, 0.29) is 72.3 Å². The molecule has 35 nitrogen and oxygen atoms in total. The van der Waals surface area contributed by atoms with E-state index in [1.54, 1.807) is 165 Å². The number of likely N-dealkylation sites (tertiary alicyclic amines) is 2. The van der Waals surface area contributed by atoms with E-state index in [4.69, 9.17) is 29.5 Å². The first-order valence-corrected chi connectivity index (χ1v) is 43.3. The van der Waals surface area contributed by atoms with Crippen molar-refractivity contribution in [1.82, 2.24) is 86.9 Å². The SMILES string of the molecule is C.C[C@@H](C(=O)N[C@H](C(=O)N1C[C@@H]2C[C@H]1C(=O)N[C@@H](Cc1ccc3ccccc3c1)C(=O)N[C@H](C(=O)NN)Cc1ccc(cc1)OCc1cn(nn1)[C@H]1C[C@@H](C(=O)N[C@@H](Cc3ccc4ccccc4c3)C(=O)N[C@H](C(=O)OC(C)(C)C)Cc3ccc(cc3)OCc3cn2nn3)N(C(=O)[C@@H](NC(=O)[C@H](C)N(C)C(=O)OC(C)(C)C)C(C)(C)C)C1)C(C)(C)C)N(C)C(=O)OC(C)(C)C. The minimum absolute atomic E-state index is 0. The van der Waals surface area contributed by atoms with Crippen molar-refractivity contribution in [2.75, 3.05) is 27.2 Å². The Morgan fingerprint density at radius 1 is 0.485 bits per heavy atom. The number of benzene rings is 6. The number of amides is 11. The molecule has 130 heavy (non-hydrogen) atoms. The third kappa shape index (κ3) is 25.9. The molecular weight excluding hydrogens is 1670 g/mol. The fourth-order valence-corrected chi connectivity index (χ4v) is 15.4. The van der Waals surface area contributed by atoms with Crippen molar-refractivity contribution >= 4 is 92.9 Å². The highest BCUT2D eigenvalue weighted by Crippen LogP contribution is 2.35. The van der Waals surface area contributed by atoms with Crippen molar-refractivity contribution in [3.8, 4) is 11.5 Å². The zero-order valence-corrected chi connectivity index (χ0v) is 76.8. The van der Waals surface area contributed by atoms with Gasteiger partial charge in [0.05, 0.1) is 24.5 Å². The van der Waals surface area contributed by atoms with Crippen LogP contribution in [0.1, 0.15) is 184 Å². The molecule has 35 heteroatoms. The summed E-state index contributed by atoms with van der Waals surface area (Å²) in [6, 6.07) is 25.0. The van der Waals surface area contributed by atoms with Crippen molar-refractivity contribution in [2.45, 2.75) is 266 Å². The molecule has 2 fully saturated rings. The number of hydrogen-bond donors (Lipinski definition) is 8. The lowest BCUT2D eigenvalue weighted by Crippen LogP contribution is -2.61. The van der Waals surface area contributed by atoms with Crippen LogP contribution in [-0.4, -0.2) is 225 Å². The predicted octanol–water partition coefficient (Wildman–Crippen LogP) is 8.38. The number of carbonyl (C=O) groups is 12. The fraction of sp³-hybridized carbons (Fsp3) is 0.495. The largest absolute Gasteiger partial charge is 0.487 e. The molecule has 0 aliphatic carbocycles. The van der Waals surface area contributed by atoms with Crippen LogP contribution in [0.2, 0.25) is 0 Å². The van der Waals surface area contributed by atoms with Crippen LogP contribution in [0.15, 0.2) is 146 Å². The van der Waals surface area contributed by atoms with Gasteiger partial charge in [-0.15, -0.1) is 10.2 Å². The number of carbonyl (C=O) groups excluding carboxylic acids is 12. The van der Waals surface area contributed by atoms with Crippen LogP contribution >= 0.6 is 0 Å². The Kier molecular flexibility index (Phi) is 31.4. The van der Waals surface area contributed by atoms with Gasteiger partial charge in [0.25, 0.3) is 5.91 Å². The molecule has 6 aliphatic heterocycles. The molecule has 8 aromatic rings. The second-order valence-electron chi connectivity index (χ2n) is 38.7. The molecule has 8 heterocycles. The van der Waals surface area contributed by atoms with Gasteiger partial charge < -0.3 is 65.4 Å². The van der Waals surface area contributed by atoms with E-state index < -0.39 is 171 Å². The van der Waals surface area contributed by atoms with Gasteiger partial charge in [-0.25, -0.2) is 29.6 Å². The second kappa shape index (κ2) is 41.1. The molecule has 11 amide bonds. The summed E-state index contributed by atoms with van der Waals surface area (Å²) in [7, 11) is 2.81. The number of nitrogens with one attached hydrogen (secondary N) is 7. The van der Waals surface area contributed by atoms with Crippen molar-refractivity contribution in [3.63, 3.8) is 0 Å². The lowest BCUT2D eigenvalue weighted by molar-refractivity contribution is -0.158. The van der Waals surface area contributed by atoms with Crippen molar-refractivity contribution in [2.24, 2.45) is 16.7 Å². The van der Waals surface area contributed by atoms with Crippen molar-refractivity contribution in [3.05, 3.63) is 179 Å². The highest BCUT2D eigenvalue weighted by molar-refractivity contribution is 5.99. The van der Waals surface area contributed by atoms with Crippen LogP contribution in [0.5, 0.6) is 11.5 Å². The van der Waals surface area contributed by atoms with E-state index >= 15 is 28.8 Å². The summed E-state index contributed by atoms with van der Waals surface area (Å²) in [5.41, 5.74) is 0.251. The summed E-state index contributed by atoms with van der Waals surface area (Å²) in [6.07, 6.45) is 0.980. The summed E-state index contributed by atoms with van der Waals surface area (Å²) < 4.78 is 32.7. The topological polar surface area (TPSA) is 436 Å². The number of hydrazine groups is 1. The molecule has 698 valence electrons. The van der Waals surface area contributed by atoms with E-state index in [0.29, 0.717) is 45.1 Å². The van der Waals surface area contributed by atoms with Gasteiger partial charge in [-0.3, -0.25) is 58.4 Å². The molecule has 0 radical (unpaired) electrons. The first-order valence-electron chi connectivity index (χ1n) is 43.3. The minimum Gasteiger partial charge on any atom is -0.487 e. The number of esters is 1. The second-order valence-corrected chi connectivity index (χ2v) is 38.7. The molecule has 6 aromatic carbocycles. The summed E-state index contributed by atoms with van der Waals surface area (Å²) >= 11 is 0. The van der Waals surface area contributed by atoms with Crippen LogP contribution in [0, 0.1) is 10.8 Å². The Bertz CT molecular complexity index is 5430. The molecule has 2 saturated heterocycles. The third-order valence-electron chi connectivity index (χ3n) is 22.7. The van der Waals surface area contributed by atoms with E-state index in [1.165, 1.54) is 47.1 Å². The number of ether oxygens (including phenoxy) is 5. The Morgan fingerprint density at radius 2 is 0.846 bits per heavy atom. The third-order valence-corrected chi connectivity index (χ3v) is 22.7. The highest BCUT2D eigenvalue weighted by atomic mass is 16.6. The zero-order chi connectivity index (χ0) is 94.1. The molecule has 0 unspecified atom stereocenters. The average molecular weight is 1790 g/mol. The predicted molar refractivity (Wildman–Crippen MR) is 485 cm³/mol. The number of nitrogens with zero attached hydrogens (tertiary/aromatic N) is 10. The molecule has 0 saturated carbocycles.